The topological polar surface area (TPSA) is 121 Å². The van der Waals surface area contributed by atoms with Crippen molar-refractivity contribution >= 4 is 18.1 Å². The van der Waals surface area contributed by atoms with E-state index in [4.69, 9.17) is 9.47 Å². The van der Waals surface area contributed by atoms with Gasteiger partial charge in [-0.1, -0.05) is 49.7 Å². The van der Waals surface area contributed by atoms with E-state index in [9.17, 15) is 9.59 Å². The molecule has 0 spiro atoms. The number of halogens is 1. The van der Waals surface area contributed by atoms with Crippen molar-refractivity contribution in [1.29, 1.82) is 0 Å². The van der Waals surface area contributed by atoms with E-state index in [0.717, 1.165) is 12.0 Å². The third-order valence-electron chi connectivity index (χ3n) is 7.53. The number of aliphatic imine (C=N–C) groups is 1. The molecule has 12 heteroatoms. The fraction of sp³-hybridized carbons (Fsp3) is 0.242. The molecule has 3 aromatic carbocycles. The molecule has 11 nitrogen and oxygen atoms in total. The molecule has 0 aliphatic carbocycles. The maximum absolute atomic E-state index is 15.9. The predicted molar refractivity (Wildman–Crippen MR) is 167 cm³/mol. The molecule has 45 heavy (non-hydrogen) atoms. The first kappa shape index (κ1) is 30.9. The highest BCUT2D eigenvalue weighted by Crippen LogP contribution is 2.28. The lowest BCUT2D eigenvalue weighted by atomic mass is 9.95. The van der Waals surface area contributed by atoms with Gasteiger partial charge < -0.3 is 14.3 Å². The standard InChI is InChI=1S/C33H33FN6O5/c1-5-8-29-27(32(42)39(33-36-19-37-40(29)33)18-23-13-14-24(43-3)17-30(23)44-4)15-22-12-11-21(16-28(22)34)25-9-6-7-10-26(25)31(35-2)38-45-20-41/h6-7,9-14,16-17,19-20H,5,8,15,18H2,1-4H3,(H,35,38). The van der Waals surface area contributed by atoms with E-state index in [0.29, 0.717) is 63.0 Å². The van der Waals surface area contributed by atoms with Crippen molar-refractivity contribution in [1.82, 2.24) is 24.6 Å². The lowest BCUT2D eigenvalue weighted by Crippen LogP contribution is -2.30. The van der Waals surface area contributed by atoms with Crippen LogP contribution < -0.4 is 20.5 Å². The van der Waals surface area contributed by atoms with Gasteiger partial charge in [-0.3, -0.25) is 19.1 Å². The van der Waals surface area contributed by atoms with Crippen LogP contribution in [0.25, 0.3) is 16.9 Å². The van der Waals surface area contributed by atoms with Crippen molar-refractivity contribution in [2.45, 2.75) is 32.7 Å². The number of amidine groups is 1. The summed E-state index contributed by atoms with van der Waals surface area (Å²) in [7, 11) is 4.68. The predicted octanol–water partition coefficient (Wildman–Crippen LogP) is 4.36. The average Bonchev–Trinajstić information content (AvgIpc) is 3.55. The Morgan fingerprint density at radius 3 is 2.58 bits per heavy atom. The molecule has 0 saturated heterocycles. The Hall–Kier alpha value is -5.52. The first-order valence-electron chi connectivity index (χ1n) is 14.3. The molecular weight excluding hydrogens is 579 g/mol. The summed E-state index contributed by atoms with van der Waals surface area (Å²) in [6.45, 7) is 2.43. The second-order valence-electron chi connectivity index (χ2n) is 10.1. The number of fused-ring (bicyclic) bond motifs is 1. The number of methoxy groups -OCH3 is 2. The summed E-state index contributed by atoms with van der Waals surface area (Å²) in [5.41, 5.74) is 6.32. The lowest BCUT2D eigenvalue weighted by Gasteiger charge is -2.17. The van der Waals surface area contributed by atoms with Gasteiger partial charge in [0, 0.05) is 36.2 Å². The maximum atomic E-state index is 15.9. The fourth-order valence-electron chi connectivity index (χ4n) is 5.37. The van der Waals surface area contributed by atoms with Gasteiger partial charge in [-0.15, -0.1) is 0 Å². The zero-order valence-electron chi connectivity index (χ0n) is 25.4. The molecule has 1 N–H and O–H groups in total. The summed E-state index contributed by atoms with van der Waals surface area (Å²) in [4.78, 5) is 38.1. The molecule has 5 aromatic rings. The largest absolute Gasteiger partial charge is 0.497 e. The number of carbonyl (C=O) groups excluding carboxylic acids is 1. The number of carbonyl (C=O) groups is 1. The zero-order chi connectivity index (χ0) is 31.9. The Kier molecular flexibility index (Phi) is 9.51. The van der Waals surface area contributed by atoms with Crippen molar-refractivity contribution < 1.29 is 23.5 Å². The van der Waals surface area contributed by atoms with E-state index in [1.165, 1.54) is 17.0 Å². The molecule has 0 saturated carbocycles. The van der Waals surface area contributed by atoms with Crippen LogP contribution in [0.4, 0.5) is 4.39 Å². The van der Waals surface area contributed by atoms with E-state index in [-0.39, 0.29) is 25.0 Å². The quantitative estimate of drug-likeness (QED) is 0.0955. The summed E-state index contributed by atoms with van der Waals surface area (Å²) in [6.07, 6.45) is 2.77. The summed E-state index contributed by atoms with van der Waals surface area (Å²) in [5.74, 6) is 1.40. The lowest BCUT2D eigenvalue weighted by molar-refractivity contribution is -0.132. The van der Waals surface area contributed by atoms with Gasteiger partial charge in [0.25, 0.3) is 5.56 Å². The molecule has 0 bridgehead atoms. The third kappa shape index (κ3) is 6.26. The minimum atomic E-state index is -0.474. The van der Waals surface area contributed by atoms with Crippen molar-refractivity contribution in [3.63, 3.8) is 0 Å². The molecule has 0 atom stereocenters. The number of nitrogens with one attached hydrogen (secondary N) is 1. The highest BCUT2D eigenvalue weighted by Gasteiger charge is 2.21. The van der Waals surface area contributed by atoms with E-state index in [2.05, 4.69) is 25.4 Å². The number of nitrogens with zero attached hydrogens (tertiary/aromatic N) is 5. The molecule has 0 aliphatic rings. The summed E-state index contributed by atoms with van der Waals surface area (Å²) < 4.78 is 30.0. The Morgan fingerprint density at radius 1 is 1.07 bits per heavy atom. The summed E-state index contributed by atoms with van der Waals surface area (Å²) in [6, 6.07) is 17.5. The Balaban J connectivity index is 1.57. The third-order valence-corrected chi connectivity index (χ3v) is 7.53. The SMILES string of the molecule is CCCc1c(Cc2ccc(-c3ccccc3C(=NC)NOC=O)cc2F)c(=O)n(Cc2ccc(OC)cc2OC)c2ncnn12. The molecule has 5 rings (SSSR count). The van der Waals surface area contributed by atoms with E-state index < -0.39 is 5.82 Å². The van der Waals surface area contributed by atoms with Gasteiger partial charge in [0.2, 0.25) is 5.78 Å². The Morgan fingerprint density at radius 2 is 1.87 bits per heavy atom. The van der Waals surface area contributed by atoms with Gasteiger partial charge >= 0.3 is 6.47 Å². The summed E-state index contributed by atoms with van der Waals surface area (Å²) in [5, 5.41) is 4.44. The van der Waals surface area contributed by atoms with Crippen LogP contribution in [0.5, 0.6) is 11.5 Å². The second-order valence-corrected chi connectivity index (χ2v) is 10.1. The summed E-state index contributed by atoms with van der Waals surface area (Å²) >= 11 is 0. The Labute approximate surface area is 258 Å². The van der Waals surface area contributed by atoms with E-state index in [1.807, 2.05) is 25.1 Å². The first-order valence-corrected chi connectivity index (χ1v) is 14.3. The molecule has 0 unspecified atom stereocenters. The molecular formula is C33H33FN6O5. The van der Waals surface area contributed by atoms with Gasteiger partial charge in [0.15, 0.2) is 5.84 Å². The number of aromatic nitrogens is 4. The minimum Gasteiger partial charge on any atom is -0.497 e. The zero-order valence-corrected chi connectivity index (χ0v) is 25.4. The van der Waals surface area contributed by atoms with Gasteiger partial charge in [-0.2, -0.15) is 10.1 Å². The maximum Gasteiger partial charge on any atom is 0.320 e. The average molecular weight is 613 g/mol. The first-order chi connectivity index (χ1) is 21.9. The van der Waals surface area contributed by atoms with Gasteiger partial charge in [-0.05, 0) is 41.3 Å². The molecule has 232 valence electrons. The molecule has 2 aromatic heterocycles. The van der Waals surface area contributed by atoms with Crippen LogP contribution in [-0.4, -0.2) is 52.7 Å². The number of hydrogen-bond donors (Lipinski definition) is 1. The number of ether oxygens (including phenoxy) is 2. The van der Waals surface area contributed by atoms with Crippen LogP contribution in [0.2, 0.25) is 0 Å². The number of benzene rings is 3. The molecule has 0 aliphatic heterocycles. The normalized spacial score (nSPS) is 11.4. The van der Waals surface area contributed by atoms with Gasteiger partial charge in [0.05, 0.1) is 26.5 Å². The minimum absolute atomic E-state index is 0.0495. The highest BCUT2D eigenvalue weighted by atomic mass is 19.1. The van der Waals surface area contributed by atoms with Crippen LogP contribution in [0.1, 0.15) is 41.3 Å². The number of aryl methyl sites for hydroxylation is 1. The highest BCUT2D eigenvalue weighted by molar-refractivity contribution is 6.04. The Bertz CT molecular complexity index is 1930. The van der Waals surface area contributed by atoms with E-state index in [1.54, 1.807) is 62.2 Å². The second kappa shape index (κ2) is 13.8. The fourth-order valence-corrected chi connectivity index (χ4v) is 5.37. The molecule has 0 amide bonds. The van der Waals surface area contributed by atoms with Crippen molar-refractivity contribution in [3.8, 4) is 22.6 Å². The van der Waals surface area contributed by atoms with Crippen LogP contribution in [0.15, 0.2) is 76.8 Å². The van der Waals surface area contributed by atoms with Gasteiger partial charge in [0.1, 0.15) is 23.6 Å². The van der Waals surface area contributed by atoms with Crippen LogP contribution in [0.3, 0.4) is 0 Å². The van der Waals surface area contributed by atoms with Gasteiger partial charge in [-0.25, -0.2) is 14.4 Å². The molecule has 0 fully saturated rings. The van der Waals surface area contributed by atoms with E-state index >= 15 is 4.39 Å². The monoisotopic (exact) mass is 612 g/mol. The number of rotatable bonds is 12. The molecule has 2 heterocycles. The molecule has 0 radical (unpaired) electrons. The van der Waals surface area contributed by atoms with Crippen molar-refractivity contribution in [2.24, 2.45) is 4.99 Å². The van der Waals surface area contributed by atoms with Crippen molar-refractivity contribution in [3.05, 3.63) is 111 Å². The van der Waals surface area contributed by atoms with Crippen LogP contribution in [-0.2, 0) is 29.0 Å². The number of hydrogen-bond acceptors (Lipinski definition) is 8. The number of hydroxylamine groups is 1. The van der Waals surface area contributed by atoms with Crippen LogP contribution >= 0.6 is 0 Å². The smallest absolute Gasteiger partial charge is 0.320 e. The van der Waals surface area contributed by atoms with Crippen molar-refractivity contribution in [2.75, 3.05) is 21.3 Å². The van der Waals surface area contributed by atoms with Crippen LogP contribution in [0, 0.1) is 5.82 Å².